The molecular formula is C55H105NO13. The molecule has 0 aliphatic carbocycles. The number of hydrogen-bond donors (Lipinski definition) is 9. The van der Waals surface area contributed by atoms with Gasteiger partial charge in [0.05, 0.1) is 32.0 Å². The van der Waals surface area contributed by atoms with Crippen molar-refractivity contribution in [3.63, 3.8) is 0 Å². The van der Waals surface area contributed by atoms with Gasteiger partial charge in [-0.05, 0) is 19.3 Å². The average molecular weight is 988 g/mol. The molecule has 14 heteroatoms. The predicted octanol–water partition coefficient (Wildman–Crippen LogP) is 8.72. The number of ether oxygens (including phenoxy) is 4. The number of amides is 1. The highest BCUT2D eigenvalue weighted by Gasteiger charge is 2.51. The van der Waals surface area contributed by atoms with Gasteiger partial charge in [-0.15, -0.1) is 0 Å². The topological polar surface area (TPSA) is 228 Å². The monoisotopic (exact) mass is 988 g/mol. The first-order valence-electron chi connectivity index (χ1n) is 28.4. The second kappa shape index (κ2) is 42.1. The number of carbonyl (C=O) groups excluding carboxylic acids is 1. The Balaban J connectivity index is 1.72. The zero-order valence-corrected chi connectivity index (χ0v) is 43.6. The number of hydrogen-bond acceptors (Lipinski definition) is 13. The van der Waals surface area contributed by atoms with Crippen molar-refractivity contribution >= 4 is 5.91 Å². The Morgan fingerprint density at radius 2 is 0.899 bits per heavy atom. The van der Waals surface area contributed by atoms with E-state index in [4.69, 9.17) is 18.9 Å². The third-order valence-corrected chi connectivity index (χ3v) is 14.2. The lowest BCUT2D eigenvalue weighted by Crippen LogP contribution is -2.65. The van der Waals surface area contributed by atoms with Crippen molar-refractivity contribution in [1.82, 2.24) is 5.32 Å². The van der Waals surface area contributed by atoms with Crippen LogP contribution in [0.4, 0.5) is 0 Å². The normalized spacial score (nSPS) is 26.2. The van der Waals surface area contributed by atoms with E-state index in [2.05, 4.69) is 19.2 Å². The molecule has 0 aromatic rings. The quantitative estimate of drug-likeness (QED) is 0.0206. The van der Waals surface area contributed by atoms with Crippen LogP contribution in [0, 0.1) is 0 Å². The van der Waals surface area contributed by atoms with E-state index < -0.39 is 86.8 Å². The van der Waals surface area contributed by atoms with Crippen molar-refractivity contribution in [1.29, 1.82) is 0 Å². The zero-order valence-electron chi connectivity index (χ0n) is 43.6. The number of carbonyl (C=O) groups is 1. The molecule has 2 aliphatic heterocycles. The molecule has 2 aliphatic rings. The third-order valence-electron chi connectivity index (χ3n) is 14.2. The maximum Gasteiger partial charge on any atom is 0.220 e. The van der Waals surface area contributed by atoms with Crippen molar-refractivity contribution < 1.29 is 64.6 Å². The molecular weight excluding hydrogens is 883 g/mol. The van der Waals surface area contributed by atoms with Crippen molar-refractivity contribution in [2.75, 3.05) is 19.8 Å². The molecule has 2 saturated heterocycles. The SMILES string of the molecule is CCCCCCCCCCC/C=C/[C@@H](O)[C@H](CO[C@@H]1O[C@H](CO)[C@@H](O[C@@H]2O[C@H](CO)[C@H](O)C(O)C2O)C(O)C1O)NC(=O)CCCCCCCCCCCCCCCCCCCCCCCCCC. The van der Waals surface area contributed by atoms with Crippen molar-refractivity contribution in [2.24, 2.45) is 0 Å². The summed E-state index contributed by atoms with van der Waals surface area (Å²) in [7, 11) is 0. The van der Waals surface area contributed by atoms with Gasteiger partial charge in [0, 0.05) is 6.42 Å². The molecule has 12 atom stereocenters. The highest BCUT2D eigenvalue weighted by molar-refractivity contribution is 5.76. The second-order valence-electron chi connectivity index (χ2n) is 20.4. The van der Waals surface area contributed by atoms with E-state index in [0.717, 1.165) is 38.5 Å². The van der Waals surface area contributed by atoms with Gasteiger partial charge < -0.3 is 65.1 Å². The average Bonchev–Trinajstić information content (AvgIpc) is 3.35. The molecule has 0 spiro atoms. The number of aliphatic hydroxyl groups is 8. The summed E-state index contributed by atoms with van der Waals surface area (Å²) in [5.74, 6) is -0.236. The van der Waals surface area contributed by atoms with Gasteiger partial charge in [0.2, 0.25) is 5.91 Å². The standard InChI is InChI=1S/C55H105NO13/c1-3-5-7-9-11-13-15-16-17-18-19-20-21-22-23-24-25-26-27-29-31-33-35-37-39-47(60)56-43(44(59)38-36-34-32-30-28-14-12-10-8-6-4-2)42-66-54-52(65)50(63)53(46(41-58)68-54)69-55-51(64)49(62)48(61)45(40-57)67-55/h36,38,43-46,48-55,57-59,61-65H,3-35,37,39-42H2,1-2H3,(H,56,60)/b38-36+/t43-,44+,45+,46+,48-,49?,50?,51?,52?,53+,54+,55-/m0/s1. The fourth-order valence-corrected chi connectivity index (χ4v) is 9.59. The highest BCUT2D eigenvalue weighted by atomic mass is 16.7. The summed E-state index contributed by atoms with van der Waals surface area (Å²) in [6.45, 7) is 2.80. The van der Waals surface area contributed by atoms with E-state index in [0.29, 0.717) is 6.42 Å². The van der Waals surface area contributed by atoms with Gasteiger partial charge in [0.15, 0.2) is 12.6 Å². The van der Waals surface area contributed by atoms with Crippen LogP contribution in [0.3, 0.4) is 0 Å². The smallest absolute Gasteiger partial charge is 0.220 e. The Morgan fingerprint density at radius 1 is 0.507 bits per heavy atom. The molecule has 0 radical (unpaired) electrons. The Morgan fingerprint density at radius 3 is 1.33 bits per heavy atom. The van der Waals surface area contributed by atoms with Crippen LogP contribution in [0.5, 0.6) is 0 Å². The molecule has 0 saturated carbocycles. The Labute approximate surface area is 418 Å². The van der Waals surface area contributed by atoms with Crippen LogP contribution in [0.1, 0.15) is 239 Å². The van der Waals surface area contributed by atoms with Crippen LogP contribution in [0.25, 0.3) is 0 Å². The van der Waals surface area contributed by atoms with Crippen molar-refractivity contribution in [3.05, 3.63) is 12.2 Å². The van der Waals surface area contributed by atoms with Crippen LogP contribution < -0.4 is 5.32 Å². The summed E-state index contributed by atoms with van der Waals surface area (Å²) in [5, 5.41) is 86.8. The summed E-state index contributed by atoms with van der Waals surface area (Å²) in [4.78, 5) is 13.2. The first-order valence-corrected chi connectivity index (χ1v) is 28.4. The van der Waals surface area contributed by atoms with E-state index >= 15 is 0 Å². The fourth-order valence-electron chi connectivity index (χ4n) is 9.59. The lowest BCUT2D eigenvalue weighted by atomic mass is 9.97. The number of unbranched alkanes of at least 4 members (excludes halogenated alkanes) is 32. The van der Waals surface area contributed by atoms with Crippen LogP contribution in [0.2, 0.25) is 0 Å². The molecule has 1 amide bonds. The van der Waals surface area contributed by atoms with Crippen LogP contribution >= 0.6 is 0 Å². The lowest BCUT2D eigenvalue weighted by molar-refractivity contribution is -0.359. The summed E-state index contributed by atoms with van der Waals surface area (Å²) in [6, 6.07) is -0.908. The van der Waals surface area contributed by atoms with Gasteiger partial charge in [0.25, 0.3) is 0 Å². The van der Waals surface area contributed by atoms with Crippen LogP contribution in [-0.4, -0.2) is 140 Å². The first-order chi connectivity index (χ1) is 33.6. The predicted molar refractivity (Wildman–Crippen MR) is 272 cm³/mol. The van der Waals surface area contributed by atoms with Crippen LogP contribution in [0.15, 0.2) is 12.2 Å². The molecule has 2 heterocycles. The van der Waals surface area contributed by atoms with E-state index in [1.807, 2.05) is 6.08 Å². The van der Waals surface area contributed by atoms with Crippen molar-refractivity contribution in [3.8, 4) is 0 Å². The molecule has 0 bridgehead atoms. The molecule has 69 heavy (non-hydrogen) atoms. The fraction of sp³-hybridized carbons (Fsp3) is 0.945. The van der Waals surface area contributed by atoms with E-state index in [-0.39, 0.29) is 18.9 Å². The van der Waals surface area contributed by atoms with Gasteiger partial charge in [-0.25, -0.2) is 0 Å². The summed E-state index contributed by atoms with van der Waals surface area (Å²) < 4.78 is 22.7. The van der Waals surface area contributed by atoms with Gasteiger partial charge in [0.1, 0.15) is 48.8 Å². The number of rotatable bonds is 45. The molecule has 9 N–H and O–H groups in total. The first kappa shape index (κ1) is 63.8. The molecule has 2 rings (SSSR count). The highest BCUT2D eigenvalue weighted by Crippen LogP contribution is 2.30. The minimum atomic E-state index is -1.78. The Kier molecular flexibility index (Phi) is 39.0. The van der Waals surface area contributed by atoms with Gasteiger partial charge >= 0.3 is 0 Å². The van der Waals surface area contributed by atoms with E-state index in [1.54, 1.807) is 6.08 Å². The molecule has 0 aromatic heterocycles. The minimum Gasteiger partial charge on any atom is -0.394 e. The maximum atomic E-state index is 13.2. The van der Waals surface area contributed by atoms with E-state index in [1.165, 1.54) is 173 Å². The molecule has 4 unspecified atom stereocenters. The summed E-state index contributed by atoms with van der Waals surface area (Å²) >= 11 is 0. The summed E-state index contributed by atoms with van der Waals surface area (Å²) in [5.41, 5.74) is 0. The maximum absolute atomic E-state index is 13.2. The van der Waals surface area contributed by atoms with Crippen molar-refractivity contribution in [2.45, 2.75) is 312 Å². The molecule has 14 nitrogen and oxygen atoms in total. The number of allylic oxidation sites excluding steroid dienone is 1. The lowest BCUT2D eigenvalue weighted by Gasteiger charge is -2.46. The number of nitrogens with one attached hydrogen (secondary N) is 1. The van der Waals surface area contributed by atoms with Gasteiger partial charge in [-0.2, -0.15) is 0 Å². The third kappa shape index (κ3) is 28.7. The minimum absolute atomic E-state index is 0.236. The van der Waals surface area contributed by atoms with E-state index in [9.17, 15) is 45.6 Å². The molecule has 408 valence electrons. The van der Waals surface area contributed by atoms with Gasteiger partial charge in [-0.1, -0.05) is 225 Å². The number of aliphatic hydroxyl groups excluding tert-OH is 8. The molecule has 0 aromatic carbocycles. The van der Waals surface area contributed by atoms with Crippen LogP contribution in [-0.2, 0) is 23.7 Å². The zero-order chi connectivity index (χ0) is 50.3. The van der Waals surface area contributed by atoms with Gasteiger partial charge in [-0.3, -0.25) is 4.79 Å². The Bertz CT molecular complexity index is 1210. The second-order valence-corrected chi connectivity index (χ2v) is 20.4. The summed E-state index contributed by atoms with van der Waals surface area (Å²) in [6.07, 6.45) is 29.8. The molecule has 2 fully saturated rings. The Hall–Kier alpha value is -1.27. The largest absolute Gasteiger partial charge is 0.394 e.